The molecule has 0 aliphatic carbocycles. The van der Waals surface area contributed by atoms with Crippen LogP contribution in [-0.4, -0.2) is 41.2 Å². The second-order valence-corrected chi connectivity index (χ2v) is 6.40. The van der Waals surface area contributed by atoms with Crippen LogP contribution in [0.2, 0.25) is 0 Å². The summed E-state index contributed by atoms with van der Waals surface area (Å²) in [5.74, 6) is 0.575. The van der Waals surface area contributed by atoms with Crippen molar-refractivity contribution in [3.63, 3.8) is 0 Å². The number of aromatic nitrogens is 2. The molecular formula is C15H18FN3OS. The van der Waals surface area contributed by atoms with Crippen LogP contribution in [0.25, 0.3) is 11.0 Å². The van der Waals surface area contributed by atoms with Gasteiger partial charge in [-0.3, -0.25) is 0 Å². The Morgan fingerprint density at radius 2 is 2.10 bits per heavy atom. The molecule has 1 aromatic carbocycles. The van der Waals surface area contributed by atoms with Gasteiger partial charge in [0.1, 0.15) is 0 Å². The molecule has 3 aliphatic rings. The van der Waals surface area contributed by atoms with E-state index in [0.29, 0.717) is 16.7 Å². The van der Waals surface area contributed by atoms with Crippen LogP contribution in [0.4, 0.5) is 4.39 Å². The third-order valence-electron chi connectivity index (χ3n) is 4.94. The molecule has 5 rings (SSSR count). The molecule has 6 heteroatoms. The van der Waals surface area contributed by atoms with E-state index in [9.17, 15) is 4.39 Å². The maximum Gasteiger partial charge on any atom is 0.178 e. The molecule has 4 nitrogen and oxygen atoms in total. The van der Waals surface area contributed by atoms with Crippen molar-refractivity contribution in [3.05, 3.63) is 22.7 Å². The van der Waals surface area contributed by atoms with E-state index >= 15 is 0 Å². The maximum absolute atomic E-state index is 13.9. The summed E-state index contributed by atoms with van der Waals surface area (Å²) in [7, 11) is 1.49. The second-order valence-electron chi connectivity index (χ2n) is 6.01. The number of imidazole rings is 1. The standard InChI is InChI=1S/C15H18FN3OS/c1-20-14-7-12-11(6-10(14)16)17-15(21)19(12)13-8-18-4-2-9(13)3-5-18/h6-7,9,13H,2-5,8H2,1H3,(H,17,21). The first-order valence-electron chi connectivity index (χ1n) is 7.37. The van der Waals surface area contributed by atoms with E-state index in [0.717, 1.165) is 17.6 Å². The van der Waals surface area contributed by atoms with Crippen molar-refractivity contribution in [1.29, 1.82) is 0 Å². The van der Waals surface area contributed by atoms with Crippen LogP contribution in [-0.2, 0) is 0 Å². The zero-order valence-corrected chi connectivity index (χ0v) is 12.8. The van der Waals surface area contributed by atoms with E-state index < -0.39 is 0 Å². The van der Waals surface area contributed by atoms with E-state index in [4.69, 9.17) is 17.0 Å². The Morgan fingerprint density at radius 1 is 1.33 bits per heavy atom. The number of aromatic amines is 1. The lowest BCUT2D eigenvalue weighted by Crippen LogP contribution is -2.48. The number of benzene rings is 1. The Labute approximate surface area is 127 Å². The summed E-state index contributed by atoms with van der Waals surface area (Å²) in [5.41, 5.74) is 1.69. The maximum atomic E-state index is 13.9. The second kappa shape index (κ2) is 4.81. The zero-order valence-electron chi connectivity index (χ0n) is 11.9. The number of ether oxygens (including phenoxy) is 1. The largest absolute Gasteiger partial charge is 0.494 e. The molecule has 3 aliphatic heterocycles. The fraction of sp³-hybridized carbons (Fsp3) is 0.533. The van der Waals surface area contributed by atoms with Crippen molar-refractivity contribution in [2.24, 2.45) is 5.92 Å². The molecule has 0 amide bonds. The van der Waals surface area contributed by atoms with Crippen LogP contribution >= 0.6 is 12.2 Å². The van der Waals surface area contributed by atoms with E-state index in [1.54, 1.807) is 6.07 Å². The van der Waals surface area contributed by atoms with Crippen molar-refractivity contribution in [2.45, 2.75) is 18.9 Å². The molecule has 1 atom stereocenters. The molecule has 0 saturated carbocycles. The van der Waals surface area contributed by atoms with Crippen LogP contribution in [0.15, 0.2) is 12.1 Å². The Morgan fingerprint density at radius 3 is 2.71 bits per heavy atom. The number of H-pyrrole nitrogens is 1. The third kappa shape index (κ3) is 2.00. The lowest BCUT2D eigenvalue weighted by Gasteiger charge is -2.45. The first-order valence-corrected chi connectivity index (χ1v) is 7.78. The van der Waals surface area contributed by atoms with Gasteiger partial charge in [0.2, 0.25) is 0 Å². The highest BCUT2D eigenvalue weighted by molar-refractivity contribution is 7.71. The van der Waals surface area contributed by atoms with E-state index in [1.807, 2.05) is 0 Å². The summed E-state index contributed by atoms with van der Waals surface area (Å²) < 4.78 is 21.8. The molecule has 4 heterocycles. The van der Waals surface area contributed by atoms with Gasteiger partial charge in [-0.15, -0.1) is 0 Å². The zero-order chi connectivity index (χ0) is 14.6. The number of rotatable bonds is 2. The smallest absolute Gasteiger partial charge is 0.178 e. The molecule has 0 radical (unpaired) electrons. The summed E-state index contributed by atoms with van der Waals surface area (Å²) >= 11 is 5.50. The topological polar surface area (TPSA) is 33.2 Å². The highest BCUT2D eigenvalue weighted by Gasteiger charge is 2.36. The number of halogens is 1. The third-order valence-corrected chi connectivity index (χ3v) is 5.24. The van der Waals surface area contributed by atoms with Gasteiger partial charge < -0.3 is 19.2 Å². The minimum Gasteiger partial charge on any atom is -0.494 e. The highest BCUT2D eigenvalue weighted by atomic mass is 32.1. The number of piperidine rings is 3. The normalized spacial score (nSPS) is 28.2. The van der Waals surface area contributed by atoms with Crippen LogP contribution in [0.3, 0.4) is 0 Å². The monoisotopic (exact) mass is 307 g/mol. The average Bonchev–Trinajstić information content (AvgIpc) is 2.82. The van der Waals surface area contributed by atoms with Crippen LogP contribution in [0, 0.1) is 16.5 Å². The predicted molar refractivity (Wildman–Crippen MR) is 81.8 cm³/mol. The fourth-order valence-corrected chi connectivity index (χ4v) is 4.18. The molecule has 1 N–H and O–H groups in total. The number of hydrogen-bond donors (Lipinski definition) is 1. The van der Waals surface area contributed by atoms with E-state index in [1.165, 1.54) is 39.1 Å². The van der Waals surface area contributed by atoms with Gasteiger partial charge >= 0.3 is 0 Å². The summed E-state index contributed by atoms with van der Waals surface area (Å²) in [6, 6.07) is 3.61. The SMILES string of the molecule is COc1cc2c(cc1F)[nH]c(=S)n2C1CN2CCC1CC2. The quantitative estimate of drug-likeness (QED) is 0.866. The molecule has 1 aromatic heterocycles. The van der Waals surface area contributed by atoms with Crippen molar-refractivity contribution in [1.82, 2.24) is 14.5 Å². The average molecular weight is 307 g/mol. The van der Waals surface area contributed by atoms with Gasteiger partial charge in [-0.05, 0) is 44.1 Å². The number of nitrogens with zero attached hydrogens (tertiary/aromatic N) is 2. The number of hydrogen-bond acceptors (Lipinski definition) is 3. The molecule has 1 unspecified atom stereocenters. The Hall–Kier alpha value is -1.40. The molecule has 3 fully saturated rings. The summed E-state index contributed by atoms with van der Waals surface area (Å²) in [6.45, 7) is 3.41. The fourth-order valence-electron chi connectivity index (χ4n) is 3.84. The van der Waals surface area contributed by atoms with Gasteiger partial charge in [0.05, 0.1) is 24.2 Å². The molecule has 21 heavy (non-hydrogen) atoms. The summed E-state index contributed by atoms with van der Waals surface area (Å²) in [4.78, 5) is 5.63. The highest BCUT2D eigenvalue weighted by Crippen LogP contribution is 2.38. The van der Waals surface area contributed by atoms with Crippen molar-refractivity contribution >= 4 is 23.3 Å². The van der Waals surface area contributed by atoms with Crippen LogP contribution in [0.5, 0.6) is 5.75 Å². The lowest BCUT2D eigenvalue weighted by molar-refractivity contribution is 0.0582. The van der Waals surface area contributed by atoms with Gasteiger partial charge in [-0.2, -0.15) is 0 Å². The van der Waals surface area contributed by atoms with Crippen molar-refractivity contribution in [2.75, 3.05) is 26.7 Å². The Kier molecular flexibility index (Phi) is 3.04. The van der Waals surface area contributed by atoms with E-state index in [2.05, 4.69) is 14.5 Å². The molecule has 2 bridgehead atoms. The first-order chi connectivity index (χ1) is 10.2. The van der Waals surface area contributed by atoms with Gasteiger partial charge in [-0.25, -0.2) is 4.39 Å². The number of methoxy groups -OCH3 is 1. The van der Waals surface area contributed by atoms with Gasteiger partial charge in [0.15, 0.2) is 16.3 Å². The molecule has 112 valence electrons. The van der Waals surface area contributed by atoms with Crippen molar-refractivity contribution in [3.8, 4) is 5.75 Å². The van der Waals surface area contributed by atoms with Crippen LogP contribution < -0.4 is 4.74 Å². The number of nitrogens with one attached hydrogen (secondary N) is 1. The summed E-state index contributed by atoms with van der Waals surface area (Å²) in [5, 5.41) is 0. The lowest BCUT2D eigenvalue weighted by atomic mass is 9.84. The van der Waals surface area contributed by atoms with Crippen LogP contribution in [0.1, 0.15) is 18.9 Å². The number of fused-ring (bicyclic) bond motifs is 4. The molecule has 3 saturated heterocycles. The minimum atomic E-state index is -0.359. The molecule has 0 spiro atoms. The van der Waals surface area contributed by atoms with Gasteiger partial charge in [0, 0.05) is 18.7 Å². The minimum absolute atomic E-state index is 0.270. The molecular weight excluding hydrogens is 289 g/mol. The van der Waals surface area contributed by atoms with E-state index in [-0.39, 0.29) is 11.6 Å². The molecule has 2 aromatic rings. The predicted octanol–water partition coefficient (Wildman–Crippen LogP) is 3.11. The Bertz CT molecular complexity index is 745. The Balaban J connectivity index is 1.88. The summed E-state index contributed by atoms with van der Waals surface area (Å²) in [6.07, 6.45) is 2.44. The van der Waals surface area contributed by atoms with Gasteiger partial charge in [-0.1, -0.05) is 0 Å². The van der Waals surface area contributed by atoms with Gasteiger partial charge in [0.25, 0.3) is 0 Å². The first kappa shape index (κ1) is 13.3. The van der Waals surface area contributed by atoms with Crippen molar-refractivity contribution < 1.29 is 9.13 Å².